The standard InChI is InChI=1S/C27H49N7O13S3.3Li/c1-12-5-6-18(17(7-12)24(36)37)33-34-22-20(50(45,46)47)9-13-8-16(49(42,43)44)11-19(21(13)23(22)35)29-26-30-25(31-27(38)32-26)28-14-3-2-4-15(10-14)48(39,40)41;;;/h12-23,25-32,35,38H,2-11H2,1H3,(H,36,37)(H,39,40,41)(H,42,43,44)(H,45,46,47);;;/q;3*+1/p-3. The molecule has 1 saturated heterocycles. The first-order valence-electron chi connectivity index (χ1n) is 16.8. The van der Waals surface area contributed by atoms with Gasteiger partial charge < -0.3 is 29.0 Å². The van der Waals surface area contributed by atoms with Gasteiger partial charge >= 0.3 is 62.6 Å². The molecule has 0 aromatic rings. The maximum Gasteiger partial charge on any atom is 1.00 e. The second kappa shape index (κ2) is 19.8. The number of aliphatic carboxylic acids is 1. The smallest absolute Gasteiger partial charge is 0.748 e. The fourth-order valence-corrected chi connectivity index (χ4v) is 11.5. The van der Waals surface area contributed by atoms with Crippen molar-refractivity contribution in [1.82, 2.24) is 26.6 Å². The zero-order valence-corrected chi connectivity index (χ0v) is 32.7. The van der Waals surface area contributed by atoms with E-state index in [1.165, 1.54) is 0 Å². The summed E-state index contributed by atoms with van der Waals surface area (Å²) in [5.74, 6) is -3.80. The van der Waals surface area contributed by atoms with Gasteiger partial charge in [0.1, 0.15) is 18.6 Å². The quantitative estimate of drug-likeness (QED) is 0.0578. The fourth-order valence-electron chi connectivity index (χ4n) is 8.62. The van der Waals surface area contributed by atoms with E-state index in [0.717, 1.165) is 0 Å². The minimum atomic E-state index is -5.15. The first-order chi connectivity index (χ1) is 23.2. The van der Waals surface area contributed by atoms with Crippen LogP contribution in [0.3, 0.4) is 0 Å². The van der Waals surface area contributed by atoms with Crippen molar-refractivity contribution in [2.45, 2.75) is 136 Å². The molecule has 5 fully saturated rings. The average Bonchev–Trinajstić information content (AvgIpc) is 2.99. The van der Waals surface area contributed by atoms with Gasteiger partial charge in [0, 0.05) is 18.0 Å². The molecule has 1 aliphatic heterocycles. The van der Waals surface area contributed by atoms with E-state index in [1.807, 2.05) is 6.92 Å². The van der Waals surface area contributed by atoms with E-state index in [4.69, 9.17) is 0 Å². The Morgan fingerprint density at radius 2 is 1.36 bits per heavy atom. The molecule has 53 heavy (non-hydrogen) atoms. The summed E-state index contributed by atoms with van der Waals surface area (Å²) in [6.07, 6.45) is -3.44. The fraction of sp³-hybridized carbons (Fsp3) is 0.963. The van der Waals surface area contributed by atoms with Gasteiger partial charge in [-0.2, -0.15) is 10.2 Å². The number of aliphatic hydroxyl groups excluding tert-OH is 2. The molecule has 15 atom stereocenters. The van der Waals surface area contributed by atoms with Crippen molar-refractivity contribution in [2.24, 2.45) is 33.9 Å². The summed E-state index contributed by atoms with van der Waals surface area (Å²) in [5, 5.41) is 50.6. The molecule has 15 unspecified atom stereocenters. The summed E-state index contributed by atoms with van der Waals surface area (Å²) in [4.78, 5) is 11.9. The molecule has 5 aliphatic rings. The number of rotatable bonds is 10. The largest absolute Gasteiger partial charge is 1.00 e. The Hall–Kier alpha value is 0.312. The molecular formula is C27H46Li3N7O13S3. The van der Waals surface area contributed by atoms with Gasteiger partial charge in [0.2, 0.25) is 0 Å². The van der Waals surface area contributed by atoms with Crippen LogP contribution >= 0.6 is 0 Å². The van der Waals surface area contributed by atoms with Crippen molar-refractivity contribution in [3.63, 3.8) is 0 Å². The van der Waals surface area contributed by atoms with Crippen LogP contribution in [0.2, 0.25) is 0 Å². The number of hydrogen-bond donors (Lipinski definition) is 8. The SMILES string of the molecule is CC1CCC(N=NC2C(O)C3C(CC(S(=O)(=O)[O-])CC3NC3NC(O)NC(NC4CCCC(S(=O)(=O)[O-])C4)N3)CC2S(=O)(=O)[O-])C(C(=O)O)C1.[Li+].[Li+].[Li+]. The molecule has 4 saturated carbocycles. The minimum Gasteiger partial charge on any atom is -0.748 e. The van der Waals surface area contributed by atoms with Crippen molar-refractivity contribution in [3.05, 3.63) is 0 Å². The molecule has 26 heteroatoms. The molecule has 0 aromatic heterocycles. The van der Waals surface area contributed by atoms with Crippen LogP contribution in [0.25, 0.3) is 0 Å². The monoisotopic (exact) mass is 793 g/mol. The topological polar surface area (TPSA) is 334 Å². The molecule has 0 aromatic carbocycles. The van der Waals surface area contributed by atoms with Gasteiger partial charge in [-0.15, -0.1) is 0 Å². The van der Waals surface area contributed by atoms with Crippen LogP contribution in [-0.4, -0.2) is 125 Å². The molecule has 20 nitrogen and oxygen atoms in total. The summed E-state index contributed by atoms with van der Waals surface area (Å²) in [6, 6.07) is -3.87. The normalized spacial score (nSPS) is 41.2. The van der Waals surface area contributed by atoms with E-state index in [-0.39, 0.29) is 88.2 Å². The summed E-state index contributed by atoms with van der Waals surface area (Å²) >= 11 is 0. The summed E-state index contributed by atoms with van der Waals surface area (Å²) < 4.78 is 109. The molecular weight excluding hydrogens is 747 g/mol. The number of azo groups is 1. The minimum absolute atomic E-state index is 0. The molecule has 0 spiro atoms. The van der Waals surface area contributed by atoms with Crippen LogP contribution in [0, 0.1) is 23.7 Å². The number of carboxylic acids is 1. The predicted molar refractivity (Wildman–Crippen MR) is 169 cm³/mol. The summed E-state index contributed by atoms with van der Waals surface area (Å²) in [6.45, 7) is 1.90. The van der Waals surface area contributed by atoms with Gasteiger partial charge in [0.25, 0.3) is 0 Å². The first kappa shape index (κ1) is 49.5. The zero-order chi connectivity index (χ0) is 36.8. The Morgan fingerprint density at radius 3 is 1.94 bits per heavy atom. The third-order valence-corrected chi connectivity index (χ3v) is 14.7. The van der Waals surface area contributed by atoms with Crippen molar-refractivity contribution in [3.8, 4) is 0 Å². The Balaban J connectivity index is 0.00000324. The van der Waals surface area contributed by atoms with Gasteiger partial charge in [-0.05, 0) is 69.6 Å². The van der Waals surface area contributed by atoms with E-state index in [1.54, 1.807) is 0 Å². The molecule has 5 rings (SSSR count). The molecule has 0 bridgehead atoms. The Bertz CT molecular complexity index is 1600. The second-order valence-electron chi connectivity index (χ2n) is 14.5. The second-order valence-corrected chi connectivity index (χ2v) is 19.4. The molecule has 288 valence electrons. The van der Waals surface area contributed by atoms with Crippen LogP contribution in [0.5, 0.6) is 0 Å². The average molecular weight is 794 g/mol. The Labute approximate surface area is 346 Å². The van der Waals surface area contributed by atoms with E-state index >= 15 is 0 Å². The van der Waals surface area contributed by atoms with E-state index in [2.05, 4.69) is 36.8 Å². The van der Waals surface area contributed by atoms with Crippen LogP contribution in [0.15, 0.2) is 10.2 Å². The molecule has 8 N–H and O–H groups in total. The van der Waals surface area contributed by atoms with Gasteiger partial charge in [-0.1, -0.05) is 13.3 Å². The molecule has 0 amide bonds. The van der Waals surface area contributed by atoms with Crippen LogP contribution < -0.4 is 83.2 Å². The van der Waals surface area contributed by atoms with Gasteiger partial charge in [-0.3, -0.25) is 31.4 Å². The number of carbonyl (C=O) groups is 1. The van der Waals surface area contributed by atoms with Crippen molar-refractivity contribution in [2.75, 3.05) is 0 Å². The van der Waals surface area contributed by atoms with Gasteiger partial charge in [-0.25, -0.2) is 25.3 Å². The maximum atomic E-state index is 12.5. The zero-order valence-electron chi connectivity index (χ0n) is 30.3. The number of fused-ring (bicyclic) bond motifs is 1. The molecule has 0 radical (unpaired) electrons. The van der Waals surface area contributed by atoms with Crippen LogP contribution in [0.4, 0.5) is 0 Å². The molecule has 4 aliphatic carbocycles. The Kier molecular flexibility index (Phi) is 18.5. The summed E-state index contributed by atoms with van der Waals surface area (Å²) in [7, 11) is -14.6. The first-order valence-corrected chi connectivity index (χ1v) is 21.3. The number of aliphatic hydroxyl groups is 2. The third kappa shape index (κ3) is 12.7. The van der Waals surface area contributed by atoms with E-state index in [9.17, 15) is 59.0 Å². The third-order valence-electron chi connectivity index (χ3n) is 11.1. The number of hydrogen-bond acceptors (Lipinski definition) is 19. The molecule has 1 heterocycles. The van der Waals surface area contributed by atoms with Crippen LogP contribution in [0.1, 0.15) is 71.1 Å². The number of nitrogens with one attached hydrogen (secondary N) is 5. The van der Waals surface area contributed by atoms with Crippen molar-refractivity contribution in [1.29, 1.82) is 0 Å². The number of carboxylic acid groups (broad SMARTS) is 1. The predicted octanol–water partition coefficient (Wildman–Crippen LogP) is -11.6. The Morgan fingerprint density at radius 1 is 0.736 bits per heavy atom. The summed E-state index contributed by atoms with van der Waals surface area (Å²) in [5.41, 5.74) is 0. The van der Waals surface area contributed by atoms with E-state index in [0.29, 0.717) is 32.1 Å². The van der Waals surface area contributed by atoms with Crippen molar-refractivity contribution >= 4 is 36.3 Å². The van der Waals surface area contributed by atoms with E-state index < -0.39 is 125 Å². The van der Waals surface area contributed by atoms with Gasteiger partial charge in [0.05, 0.1) is 64.2 Å². The maximum absolute atomic E-state index is 12.5. The van der Waals surface area contributed by atoms with Gasteiger partial charge in [0.15, 0.2) is 6.35 Å². The van der Waals surface area contributed by atoms with Crippen molar-refractivity contribution < 1.29 is 116 Å². The van der Waals surface area contributed by atoms with Crippen LogP contribution in [-0.2, 0) is 35.1 Å². The number of nitrogens with zero attached hydrogens (tertiary/aromatic N) is 2.